The molecule has 2 aliphatic heterocycles. The number of piperidine rings is 2. The molecule has 328 valence electrons. The Morgan fingerprint density at radius 1 is 0.661 bits per heavy atom. The Bertz CT molecular complexity index is 2610. The molecule has 3 atom stereocenters. The summed E-state index contributed by atoms with van der Waals surface area (Å²) in [5.41, 5.74) is 12.1. The lowest BCUT2D eigenvalue weighted by atomic mass is 9.74. The van der Waals surface area contributed by atoms with Gasteiger partial charge in [0, 0.05) is 97.7 Å². The van der Waals surface area contributed by atoms with Crippen LogP contribution in [-0.4, -0.2) is 76.0 Å². The zero-order chi connectivity index (χ0) is 43.4. The molecule has 2 saturated heterocycles. The standard InChI is InChI=1S/C25H31Cl2N5OS.C21H23Cl2N5/c1-24(2,3)34(33)30-20-8-5-9-25(20)10-13-31(14-11-25)23-29-16-18(22-28-12-15-32(22)23)17-6-4-7-19(26)21(17)27;22-16-4-1-3-14(18(16)23)15-13-26-20(28-12-9-25-19(15)28)27-10-7-21(8-11-27)6-2-5-17(21)24/h4,6-7,12,15-16,20,30H,5,8-11,13-14H2,1-3H3;1,3-4,9,12-13,17H,2,5-8,10-11,24H2/t20-,34-;17-/m11/s1. The van der Waals surface area contributed by atoms with Gasteiger partial charge in [-0.3, -0.25) is 8.80 Å². The summed E-state index contributed by atoms with van der Waals surface area (Å²) in [6.45, 7) is 9.88. The molecule has 6 heterocycles. The van der Waals surface area contributed by atoms with Gasteiger partial charge >= 0.3 is 0 Å². The molecular weight excluding hydrogens is 882 g/mol. The number of nitrogens with zero attached hydrogens (tertiary/aromatic N) is 8. The highest BCUT2D eigenvalue weighted by atomic mass is 35.5. The van der Waals surface area contributed by atoms with Crippen LogP contribution >= 0.6 is 46.4 Å². The van der Waals surface area contributed by atoms with E-state index in [-0.39, 0.29) is 10.2 Å². The van der Waals surface area contributed by atoms with Crippen molar-refractivity contribution in [3.05, 3.63) is 93.7 Å². The molecule has 0 radical (unpaired) electrons. The Morgan fingerprint density at radius 3 is 1.60 bits per heavy atom. The van der Waals surface area contributed by atoms with Crippen molar-refractivity contribution in [2.75, 3.05) is 36.0 Å². The minimum Gasteiger partial charge on any atom is -0.342 e. The van der Waals surface area contributed by atoms with Crippen molar-refractivity contribution >= 4 is 80.6 Å². The molecule has 4 aliphatic rings. The van der Waals surface area contributed by atoms with Crippen molar-refractivity contribution in [1.29, 1.82) is 0 Å². The molecule has 2 saturated carbocycles. The predicted octanol–water partition coefficient (Wildman–Crippen LogP) is 10.7. The van der Waals surface area contributed by atoms with E-state index in [2.05, 4.69) is 28.9 Å². The smallest absolute Gasteiger partial charge is 0.211 e. The van der Waals surface area contributed by atoms with Crippen molar-refractivity contribution in [2.45, 2.75) is 102 Å². The number of hydrogen-bond acceptors (Lipinski definition) is 8. The van der Waals surface area contributed by atoms with Crippen molar-refractivity contribution in [1.82, 2.24) is 33.5 Å². The van der Waals surface area contributed by atoms with E-state index in [0.29, 0.717) is 37.6 Å². The third-order valence-corrected chi connectivity index (χ3v) is 17.3. The molecule has 0 unspecified atom stereocenters. The van der Waals surface area contributed by atoms with E-state index in [0.717, 1.165) is 104 Å². The summed E-state index contributed by atoms with van der Waals surface area (Å²) in [6.07, 6.45) is 22.8. The minimum atomic E-state index is -1.05. The van der Waals surface area contributed by atoms with E-state index in [1.165, 1.54) is 32.1 Å². The molecule has 11 nitrogen and oxygen atoms in total. The average Bonchev–Trinajstić information content (AvgIpc) is 4.09. The van der Waals surface area contributed by atoms with Gasteiger partial charge in [-0.25, -0.2) is 28.9 Å². The molecule has 0 amide bonds. The van der Waals surface area contributed by atoms with E-state index in [9.17, 15) is 4.21 Å². The van der Waals surface area contributed by atoms with Gasteiger partial charge in [0.1, 0.15) is 11.3 Å². The van der Waals surface area contributed by atoms with Crippen LogP contribution < -0.4 is 20.3 Å². The number of hydrogen-bond donors (Lipinski definition) is 2. The number of benzene rings is 2. The number of halogens is 4. The Labute approximate surface area is 386 Å². The van der Waals surface area contributed by atoms with Gasteiger partial charge in [-0.05, 0) is 95.1 Å². The van der Waals surface area contributed by atoms with Gasteiger partial charge in [-0.1, -0.05) is 83.5 Å². The number of fused-ring (bicyclic) bond motifs is 2. The van der Waals surface area contributed by atoms with Crippen molar-refractivity contribution < 1.29 is 4.21 Å². The summed E-state index contributed by atoms with van der Waals surface area (Å²) in [4.78, 5) is 23.5. The fraction of sp³-hybridized carbons (Fsp3) is 0.478. The second kappa shape index (κ2) is 17.5. The Morgan fingerprint density at radius 2 is 1.13 bits per heavy atom. The van der Waals surface area contributed by atoms with Crippen LogP contribution in [0.2, 0.25) is 20.1 Å². The lowest BCUT2D eigenvalue weighted by Gasteiger charge is -2.44. The van der Waals surface area contributed by atoms with E-state index in [4.69, 9.17) is 62.1 Å². The number of nitrogens with one attached hydrogen (secondary N) is 1. The van der Waals surface area contributed by atoms with E-state index in [1.807, 2.05) is 74.2 Å². The molecule has 0 bridgehead atoms. The maximum atomic E-state index is 12.8. The zero-order valence-corrected chi connectivity index (χ0v) is 39.3. The van der Waals surface area contributed by atoms with Crippen LogP contribution in [0, 0.1) is 10.8 Å². The summed E-state index contributed by atoms with van der Waals surface area (Å²) in [7, 11) is -1.05. The Hall–Kier alpha value is -3.49. The van der Waals surface area contributed by atoms with Gasteiger partial charge in [0.15, 0.2) is 0 Å². The summed E-state index contributed by atoms with van der Waals surface area (Å²) in [5.74, 6) is 1.82. The number of nitrogens with two attached hydrogens (primary N) is 1. The van der Waals surface area contributed by atoms with E-state index in [1.54, 1.807) is 24.5 Å². The lowest BCUT2D eigenvalue weighted by molar-refractivity contribution is 0.187. The van der Waals surface area contributed by atoms with Crippen LogP contribution in [0.3, 0.4) is 0 Å². The highest BCUT2D eigenvalue weighted by molar-refractivity contribution is 7.84. The molecule has 6 aromatic rings. The maximum absolute atomic E-state index is 12.8. The predicted molar refractivity (Wildman–Crippen MR) is 255 cm³/mol. The third-order valence-electron chi connectivity index (χ3n) is 14.1. The number of imidazole rings is 2. The SMILES string of the molecule is CC(C)(C)[S@@](=O)N[C@@H]1CCCC12CCN(c1ncc(-c3cccc(Cl)c3Cl)c3nccn13)CC2.N[C@@H]1CCCC12CCN(c1ncc(-c3cccc(Cl)c3Cl)c3nccn13)CC2. The molecule has 2 aliphatic carbocycles. The van der Waals surface area contributed by atoms with Crippen LogP contribution in [-0.2, 0) is 11.0 Å². The van der Waals surface area contributed by atoms with E-state index >= 15 is 0 Å². The van der Waals surface area contributed by atoms with Gasteiger partial charge in [0.25, 0.3) is 0 Å². The highest BCUT2D eigenvalue weighted by Crippen LogP contribution is 2.48. The van der Waals surface area contributed by atoms with Crippen molar-refractivity contribution in [3.63, 3.8) is 0 Å². The number of aromatic nitrogens is 6. The quantitative estimate of drug-likeness (QED) is 0.169. The average molecular weight is 937 g/mol. The van der Waals surface area contributed by atoms with Crippen LogP contribution in [0.15, 0.2) is 73.6 Å². The van der Waals surface area contributed by atoms with Gasteiger partial charge in [0.05, 0.1) is 35.8 Å². The summed E-state index contributed by atoms with van der Waals surface area (Å²) in [6, 6.07) is 11.9. The fourth-order valence-corrected chi connectivity index (χ4v) is 12.2. The highest BCUT2D eigenvalue weighted by Gasteiger charge is 2.47. The molecule has 62 heavy (non-hydrogen) atoms. The third kappa shape index (κ3) is 8.11. The largest absolute Gasteiger partial charge is 0.342 e. The van der Waals surface area contributed by atoms with Gasteiger partial charge in [-0.2, -0.15) is 0 Å². The zero-order valence-electron chi connectivity index (χ0n) is 35.5. The second-order valence-electron chi connectivity index (χ2n) is 18.5. The van der Waals surface area contributed by atoms with E-state index < -0.39 is 11.0 Å². The summed E-state index contributed by atoms with van der Waals surface area (Å²) >= 11 is 25.4. The minimum absolute atomic E-state index is 0.208. The molecule has 4 fully saturated rings. The number of rotatable bonds is 6. The van der Waals surface area contributed by atoms with Crippen LogP contribution in [0.1, 0.15) is 85.0 Å². The van der Waals surface area contributed by atoms with Crippen molar-refractivity contribution in [3.8, 4) is 22.3 Å². The molecule has 16 heteroatoms. The summed E-state index contributed by atoms with van der Waals surface area (Å²) in [5, 5.41) is 2.08. The fourth-order valence-electron chi connectivity index (χ4n) is 10.4. The normalized spacial score (nSPS) is 21.5. The van der Waals surface area contributed by atoms with Gasteiger partial charge in [-0.15, -0.1) is 0 Å². The first kappa shape index (κ1) is 43.7. The lowest BCUT2D eigenvalue weighted by Crippen LogP contribution is -2.51. The van der Waals surface area contributed by atoms with Crippen LogP contribution in [0.5, 0.6) is 0 Å². The molecule has 4 aromatic heterocycles. The maximum Gasteiger partial charge on any atom is 0.211 e. The molecule has 3 N–H and O–H groups in total. The molecule has 2 spiro atoms. The van der Waals surface area contributed by atoms with Crippen LogP contribution in [0.4, 0.5) is 11.9 Å². The van der Waals surface area contributed by atoms with Gasteiger partial charge < -0.3 is 15.5 Å². The van der Waals surface area contributed by atoms with Crippen LogP contribution in [0.25, 0.3) is 33.5 Å². The monoisotopic (exact) mass is 934 g/mol. The topological polar surface area (TPSA) is 122 Å². The Balaban J connectivity index is 0.000000161. The first-order valence-electron chi connectivity index (χ1n) is 21.8. The first-order chi connectivity index (χ1) is 29.8. The van der Waals surface area contributed by atoms with Crippen molar-refractivity contribution in [2.24, 2.45) is 16.6 Å². The Kier molecular flexibility index (Phi) is 12.3. The first-order valence-corrected chi connectivity index (χ1v) is 24.4. The second-order valence-corrected chi connectivity index (χ2v) is 22.1. The summed E-state index contributed by atoms with van der Waals surface area (Å²) < 4.78 is 20.1. The molecule has 10 rings (SSSR count). The van der Waals surface area contributed by atoms with Gasteiger partial charge in [0.2, 0.25) is 11.9 Å². The molecule has 2 aromatic carbocycles. The molecular formula is C46H54Cl4N10OS. The number of anilines is 2.